The summed E-state index contributed by atoms with van der Waals surface area (Å²) < 4.78 is 22.3. The predicted molar refractivity (Wildman–Crippen MR) is 77.5 cm³/mol. The normalized spacial score (nSPS) is 26.4. The van der Waals surface area contributed by atoms with Crippen molar-refractivity contribution in [1.29, 1.82) is 0 Å². The Morgan fingerprint density at radius 1 is 1.28 bits per heavy atom. The van der Waals surface area contributed by atoms with Crippen molar-refractivity contribution >= 4 is 9.84 Å². The molecule has 0 heterocycles. The Labute approximate surface area is 113 Å². The summed E-state index contributed by atoms with van der Waals surface area (Å²) in [5.41, 5.74) is 0. The minimum atomic E-state index is -2.80. The summed E-state index contributed by atoms with van der Waals surface area (Å²) in [6.45, 7) is 5.39. The van der Waals surface area contributed by atoms with Crippen LogP contribution >= 0.6 is 0 Å². The van der Waals surface area contributed by atoms with Crippen LogP contribution in [0.5, 0.6) is 0 Å². The second-order valence-corrected chi connectivity index (χ2v) is 8.04. The van der Waals surface area contributed by atoms with Gasteiger partial charge in [-0.25, -0.2) is 8.42 Å². The largest absolute Gasteiger partial charge is 0.314 e. The van der Waals surface area contributed by atoms with Gasteiger partial charge in [-0.2, -0.15) is 0 Å². The van der Waals surface area contributed by atoms with Crippen LogP contribution in [0.15, 0.2) is 0 Å². The van der Waals surface area contributed by atoms with Gasteiger partial charge >= 0.3 is 0 Å². The molecular weight excluding hydrogens is 246 g/mol. The predicted octanol–water partition coefficient (Wildman–Crippen LogP) is 2.62. The molecular formula is C14H29NO2S. The van der Waals surface area contributed by atoms with Gasteiger partial charge in [-0.05, 0) is 44.1 Å². The van der Waals surface area contributed by atoms with Crippen LogP contribution in [0.1, 0.15) is 52.4 Å². The maximum Gasteiger partial charge on any atom is 0.147 e. The fourth-order valence-corrected chi connectivity index (χ4v) is 3.87. The van der Waals surface area contributed by atoms with Gasteiger partial charge in [0.1, 0.15) is 9.84 Å². The van der Waals surface area contributed by atoms with Gasteiger partial charge in [-0.15, -0.1) is 0 Å². The standard InChI is InChI=1S/C14H29NO2S/c1-4-12-8-9-13(11-12)14(15-5-2)7-6-10-18(3,16)17/h12-15H,4-11H2,1-3H3. The van der Waals surface area contributed by atoms with Gasteiger partial charge in [0.2, 0.25) is 0 Å². The highest BCUT2D eigenvalue weighted by Gasteiger charge is 2.29. The van der Waals surface area contributed by atoms with E-state index in [1.54, 1.807) is 0 Å². The summed E-state index contributed by atoms with van der Waals surface area (Å²) in [4.78, 5) is 0. The van der Waals surface area contributed by atoms with Gasteiger partial charge in [-0.1, -0.05) is 26.7 Å². The molecule has 0 saturated heterocycles. The monoisotopic (exact) mass is 275 g/mol. The van der Waals surface area contributed by atoms with Gasteiger partial charge in [0, 0.05) is 18.1 Å². The molecule has 18 heavy (non-hydrogen) atoms. The molecule has 1 N–H and O–H groups in total. The van der Waals surface area contributed by atoms with E-state index in [2.05, 4.69) is 19.2 Å². The number of rotatable bonds is 8. The van der Waals surface area contributed by atoms with E-state index in [9.17, 15) is 8.42 Å². The van der Waals surface area contributed by atoms with Crippen molar-refractivity contribution in [1.82, 2.24) is 5.32 Å². The molecule has 108 valence electrons. The SMILES string of the molecule is CCNC(CCCS(C)(=O)=O)C1CCC(CC)C1. The molecule has 0 aromatic carbocycles. The zero-order valence-corrected chi connectivity index (χ0v) is 12.9. The van der Waals surface area contributed by atoms with Gasteiger partial charge in [0.05, 0.1) is 0 Å². The molecule has 0 aliphatic heterocycles. The molecule has 1 saturated carbocycles. The molecule has 1 aliphatic carbocycles. The Hall–Kier alpha value is -0.0900. The van der Waals surface area contributed by atoms with E-state index < -0.39 is 9.84 Å². The molecule has 0 radical (unpaired) electrons. The lowest BCUT2D eigenvalue weighted by molar-refractivity contribution is 0.332. The van der Waals surface area contributed by atoms with Gasteiger partial charge in [0.25, 0.3) is 0 Å². The molecule has 3 nitrogen and oxygen atoms in total. The Kier molecular flexibility index (Phi) is 6.64. The third-order valence-electron chi connectivity index (χ3n) is 4.22. The molecule has 4 heteroatoms. The molecule has 1 aliphatic rings. The highest BCUT2D eigenvalue weighted by molar-refractivity contribution is 7.90. The number of sulfone groups is 1. The van der Waals surface area contributed by atoms with Crippen LogP contribution in [0.3, 0.4) is 0 Å². The van der Waals surface area contributed by atoms with E-state index in [1.807, 2.05) is 0 Å². The van der Waals surface area contributed by atoms with Crippen molar-refractivity contribution in [2.75, 3.05) is 18.6 Å². The first kappa shape index (κ1) is 16.0. The summed E-state index contributed by atoms with van der Waals surface area (Å²) in [5.74, 6) is 1.99. The van der Waals surface area contributed by atoms with E-state index in [-0.39, 0.29) is 0 Å². The lowest BCUT2D eigenvalue weighted by Crippen LogP contribution is -2.35. The third-order valence-corrected chi connectivity index (χ3v) is 5.26. The van der Waals surface area contributed by atoms with Crippen molar-refractivity contribution in [2.24, 2.45) is 11.8 Å². The van der Waals surface area contributed by atoms with Crippen LogP contribution in [0.25, 0.3) is 0 Å². The van der Waals surface area contributed by atoms with E-state index >= 15 is 0 Å². The van der Waals surface area contributed by atoms with Crippen LogP contribution in [0.2, 0.25) is 0 Å². The summed E-state index contributed by atoms with van der Waals surface area (Å²) in [5, 5.41) is 3.56. The van der Waals surface area contributed by atoms with Crippen LogP contribution in [0, 0.1) is 11.8 Å². The summed E-state index contributed by atoms with van der Waals surface area (Å²) >= 11 is 0. The van der Waals surface area contributed by atoms with Crippen molar-refractivity contribution in [3.63, 3.8) is 0 Å². The Bertz CT molecular complexity index is 327. The van der Waals surface area contributed by atoms with Crippen LogP contribution in [0.4, 0.5) is 0 Å². The molecule has 0 spiro atoms. The lowest BCUT2D eigenvalue weighted by atomic mass is 9.92. The first-order valence-corrected chi connectivity index (χ1v) is 9.43. The van der Waals surface area contributed by atoms with Gasteiger partial charge in [0.15, 0.2) is 0 Å². The zero-order valence-electron chi connectivity index (χ0n) is 12.1. The fourth-order valence-electron chi connectivity index (χ4n) is 3.18. The van der Waals surface area contributed by atoms with Gasteiger partial charge < -0.3 is 5.32 Å². The minimum absolute atomic E-state index is 0.332. The maximum absolute atomic E-state index is 11.2. The fraction of sp³-hybridized carbons (Fsp3) is 1.00. The molecule has 0 bridgehead atoms. The smallest absolute Gasteiger partial charge is 0.147 e. The lowest BCUT2D eigenvalue weighted by Gasteiger charge is -2.24. The molecule has 3 atom stereocenters. The third kappa shape index (κ3) is 5.70. The molecule has 0 amide bonds. The van der Waals surface area contributed by atoms with Crippen molar-refractivity contribution in [3.05, 3.63) is 0 Å². The first-order valence-electron chi connectivity index (χ1n) is 7.37. The molecule has 0 aromatic rings. The summed E-state index contributed by atoms with van der Waals surface area (Å²) in [7, 11) is -2.80. The molecule has 3 unspecified atom stereocenters. The molecule has 0 aromatic heterocycles. The van der Waals surface area contributed by atoms with Crippen LogP contribution in [-0.2, 0) is 9.84 Å². The average Bonchev–Trinajstić information content (AvgIpc) is 2.74. The van der Waals surface area contributed by atoms with Crippen molar-refractivity contribution in [3.8, 4) is 0 Å². The highest BCUT2D eigenvalue weighted by atomic mass is 32.2. The van der Waals surface area contributed by atoms with Crippen LogP contribution in [-0.4, -0.2) is 33.0 Å². The quantitative estimate of drug-likeness (QED) is 0.740. The summed E-state index contributed by atoms with van der Waals surface area (Å²) in [6.07, 6.45) is 8.42. The number of hydrogen-bond acceptors (Lipinski definition) is 3. The van der Waals surface area contributed by atoms with E-state index in [0.29, 0.717) is 11.8 Å². The second-order valence-electron chi connectivity index (χ2n) is 5.78. The molecule has 1 rings (SSSR count). The van der Waals surface area contributed by atoms with Crippen molar-refractivity contribution < 1.29 is 8.42 Å². The van der Waals surface area contributed by atoms with Crippen LogP contribution < -0.4 is 5.32 Å². The Morgan fingerprint density at radius 3 is 2.50 bits per heavy atom. The Balaban J connectivity index is 2.40. The minimum Gasteiger partial charge on any atom is -0.314 e. The van der Waals surface area contributed by atoms with E-state index in [1.165, 1.54) is 31.9 Å². The zero-order chi connectivity index (χ0) is 13.6. The van der Waals surface area contributed by atoms with Crippen molar-refractivity contribution in [2.45, 2.75) is 58.4 Å². The first-order chi connectivity index (χ1) is 8.46. The maximum atomic E-state index is 11.2. The second kappa shape index (κ2) is 7.49. The summed E-state index contributed by atoms with van der Waals surface area (Å²) in [6, 6.07) is 0.522. The molecule has 1 fully saturated rings. The number of nitrogens with one attached hydrogen (secondary N) is 1. The Morgan fingerprint density at radius 2 is 2.00 bits per heavy atom. The van der Waals surface area contributed by atoms with E-state index in [4.69, 9.17) is 0 Å². The van der Waals surface area contributed by atoms with E-state index in [0.717, 1.165) is 31.2 Å². The topological polar surface area (TPSA) is 46.2 Å². The number of hydrogen-bond donors (Lipinski definition) is 1. The highest BCUT2D eigenvalue weighted by Crippen LogP contribution is 2.36. The van der Waals surface area contributed by atoms with Gasteiger partial charge in [-0.3, -0.25) is 0 Å². The average molecular weight is 275 g/mol.